The predicted molar refractivity (Wildman–Crippen MR) is 123 cm³/mol. The molecule has 0 bridgehead atoms. The van der Waals surface area contributed by atoms with Gasteiger partial charge in [-0.05, 0) is 75.4 Å². The number of anilines is 2. The van der Waals surface area contributed by atoms with Crippen LogP contribution in [0.2, 0.25) is 5.02 Å². The highest BCUT2D eigenvalue weighted by Gasteiger charge is 2.17. The average molecular weight is 457 g/mol. The third-order valence-electron chi connectivity index (χ3n) is 5.78. The number of piperidine rings is 1. The summed E-state index contributed by atoms with van der Waals surface area (Å²) in [7, 11) is 0. The molecular weight excluding hydrogens is 431 g/mol. The first-order valence-electron chi connectivity index (χ1n) is 10.8. The smallest absolute Gasteiger partial charge is 0.224 e. The van der Waals surface area contributed by atoms with Crippen LogP contribution in [0.15, 0.2) is 30.3 Å². The highest BCUT2D eigenvalue weighted by molar-refractivity contribution is 6.31. The van der Waals surface area contributed by atoms with E-state index in [2.05, 4.69) is 25.5 Å². The molecule has 1 N–H and O–H groups in total. The molecule has 9 heteroatoms. The van der Waals surface area contributed by atoms with Crippen molar-refractivity contribution in [1.82, 2.24) is 20.0 Å². The topological polar surface area (TPSA) is 75.9 Å². The minimum Gasteiger partial charge on any atom is -0.355 e. The average Bonchev–Trinajstić information content (AvgIpc) is 3.09. The molecule has 0 saturated carbocycles. The number of benzene rings is 1. The van der Waals surface area contributed by atoms with Crippen LogP contribution in [0.5, 0.6) is 0 Å². The maximum absolute atomic E-state index is 13.3. The summed E-state index contributed by atoms with van der Waals surface area (Å²) in [5.74, 6) is 0.857. The molecule has 0 radical (unpaired) electrons. The van der Waals surface area contributed by atoms with Crippen LogP contribution in [0.25, 0.3) is 5.82 Å². The van der Waals surface area contributed by atoms with Gasteiger partial charge in [-0.15, -0.1) is 10.2 Å². The van der Waals surface area contributed by atoms with Gasteiger partial charge in [-0.1, -0.05) is 11.6 Å². The molecule has 3 aromatic rings. The van der Waals surface area contributed by atoms with E-state index >= 15 is 0 Å². The Hall–Kier alpha value is -3.00. The minimum atomic E-state index is -0.518. The third kappa shape index (κ3) is 4.91. The van der Waals surface area contributed by atoms with E-state index in [0.29, 0.717) is 17.9 Å². The highest BCUT2D eigenvalue weighted by Crippen LogP contribution is 2.22. The van der Waals surface area contributed by atoms with E-state index in [-0.39, 0.29) is 17.4 Å². The van der Waals surface area contributed by atoms with Gasteiger partial charge >= 0.3 is 0 Å². The Morgan fingerprint density at radius 3 is 2.50 bits per heavy atom. The summed E-state index contributed by atoms with van der Waals surface area (Å²) < 4.78 is 15.1. The number of nitrogens with one attached hydrogen (secondary N) is 1. The van der Waals surface area contributed by atoms with Gasteiger partial charge in [0.05, 0.1) is 10.7 Å². The second-order valence-corrected chi connectivity index (χ2v) is 8.44. The van der Waals surface area contributed by atoms with Gasteiger partial charge in [0, 0.05) is 30.9 Å². The summed E-state index contributed by atoms with van der Waals surface area (Å²) in [6.07, 6.45) is 4.43. The van der Waals surface area contributed by atoms with Crippen LogP contribution in [-0.4, -0.2) is 39.0 Å². The largest absolute Gasteiger partial charge is 0.355 e. The Labute approximate surface area is 191 Å². The monoisotopic (exact) mass is 456 g/mol. The molecule has 0 atom stereocenters. The second kappa shape index (κ2) is 9.65. The maximum atomic E-state index is 13.3. The summed E-state index contributed by atoms with van der Waals surface area (Å²) in [6.45, 7) is 5.92. The molecular formula is C23H26ClFN6O. The highest BCUT2D eigenvalue weighted by atomic mass is 35.5. The van der Waals surface area contributed by atoms with Gasteiger partial charge in [0.2, 0.25) is 5.91 Å². The Bertz CT molecular complexity index is 1110. The van der Waals surface area contributed by atoms with E-state index in [4.69, 9.17) is 11.6 Å². The fraction of sp³-hybridized carbons (Fsp3) is 0.391. The van der Waals surface area contributed by atoms with Gasteiger partial charge in [-0.25, -0.2) is 9.07 Å². The molecule has 168 valence electrons. The van der Waals surface area contributed by atoms with Crippen molar-refractivity contribution in [2.75, 3.05) is 23.3 Å². The SMILES string of the molecule is Cc1nn(-c2ccc(N3CCCCC3)nn2)c(C)c1CCC(=O)Nc1ccc(F)c(Cl)c1. The van der Waals surface area contributed by atoms with Crippen molar-refractivity contribution in [3.05, 3.63) is 58.1 Å². The van der Waals surface area contributed by atoms with Crippen LogP contribution in [0.4, 0.5) is 15.9 Å². The first kappa shape index (κ1) is 22.2. The molecule has 1 amide bonds. The molecule has 0 spiro atoms. The van der Waals surface area contributed by atoms with E-state index in [9.17, 15) is 9.18 Å². The number of hydrogen-bond donors (Lipinski definition) is 1. The Balaban J connectivity index is 1.42. The lowest BCUT2D eigenvalue weighted by Crippen LogP contribution is -2.30. The molecule has 1 fully saturated rings. The Morgan fingerprint density at radius 2 is 1.81 bits per heavy atom. The van der Waals surface area contributed by atoms with E-state index in [1.165, 1.54) is 37.5 Å². The molecule has 0 unspecified atom stereocenters. The first-order chi connectivity index (χ1) is 15.4. The normalized spacial score (nSPS) is 13.9. The van der Waals surface area contributed by atoms with Gasteiger partial charge in [0.15, 0.2) is 11.6 Å². The van der Waals surface area contributed by atoms with Crippen molar-refractivity contribution in [2.24, 2.45) is 0 Å². The number of halogens is 2. The summed E-state index contributed by atoms with van der Waals surface area (Å²) in [6, 6.07) is 8.04. The van der Waals surface area contributed by atoms with Crippen molar-refractivity contribution in [1.29, 1.82) is 0 Å². The van der Waals surface area contributed by atoms with E-state index in [0.717, 1.165) is 35.9 Å². The Morgan fingerprint density at radius 1 is 1.09 bits per heavy atom. The van der Waals surface area contributed by atoms with Crippen LogP contribution in [0.3, 0.4) is 0 Å². The van der Waals surface area contributed by atoms with Gasteiger partial charge in [-0.3, -0.25) is 4.79 Å². The quantitative estimate of drug-likeness (QED) is 0.585. The van der Waals surface area contributed by atoms with Crippen LogP contribution < -0.4 is 10.2 Å². The van der Waals surface area contributed by atoms with Crippen molar-refractivity contribution >= 4 is 29.0 Å². The zero-order chi connectivity index (χ0) is 22.7. The summed E-state index contributed by atoms with van der Waals surface area (Å²) in [4.78, 5) is 14.6. The van der Waals surface area contributed by atoms with Crippen molar-refractivity contribution in [3.63, 3.8) is 0 Å². The van der Waals surface area contributed by atoms with Crippen LogP contribution >= 0.6 is 11.6 Å². The van der Waals surface area contributed by atoms with Crippen molar-refractivity contribution < 1.29 is 9.18 Å². The fourth-order valence-electron chi connectivity index (χ4n) is 4.02. The second-order valence-electron chi connectivity index (χ2n) is 8.04. The zero-order valence-electron chi connectivity index (χ0n) is 18.2. The van der Waals surface area contributed by atoms with Crippen LogP contribution in [-0.2, 0) is 11.2 Å². The number of carbonyl (C=O) groups is 1. The van der Waals surface area contributed by atoms with Gasteiger partial charge in [-0.2, -0.15) is 5.10 Å². The number of amides is 1. The van der Waals surface area contributed by atoms with Gasteiger partial charge < -0.3 is 10.2 Å². The standard InChI is InChI=1S/C23H26ClFN6O/c1-15-18(7-11-23(32)26-17-6-8-20(25)19(24)14-17)16(2)31(29-15)22-10-9-21(27-28-22)30-12-4-3-5-13-30/h6,8-10,14H,3-5,7,11-13H2,1-2H3,(H,26,32). The molecule has 32 heavy (non-hydrogen) atoms. The molecule has 1 aliphatic heterocycles. The molecule has 7 nitrogen and oxygen atoms in total. The number of aromatic nitrogens is 4. The summed E-state index contributed by atoms with van der Waals surface area (Å²) in [5.41, 5.74) is 3.25. The molecule has 1 aromatic carbocycles. The third-order valence-corrected chi connectivity index (χ3v) is 6.07. The number of aryl methyl sites for hydroxylation is 1. The molecule has 0 aliphatic carbocycles. The molecule has 3 heterocycles. The molecule has 1 aliphatic rings. The molecule has 1 saturated heterocycles. The summed E-state index contributed by atoms with van der Waals surface area (Å²) >= 11 is 5.78. The van der Waals surface area contributed by atoms with Crippen molar-refractivity contribution in [2.45, 2.75) is 46.0 Å². The van der Waals surface area contributed by atoms with Gasteiger partial charge in [0.1, 0.15) is 5.82 Å². The maximum Gasteiger partial charge on any atom is 0.224 e. The minimum absolute atomic E-state index is 0.0248. The van der Waals surface area contributed by atoms with Crippen LogP contribution in [0.1, 0.15) is 42.6 Å². The molecule has 2 aromatic heterocycles. The molecule has 4 rings (SSSR count). The number of carbonyl (C=O) groups excluding carboxylic acids is 1. The van der Waals surface area contributed by atoms with Crippen molar-refractivity contribution in [3.8, 4) is 5.82 Å². The first-order valence-corrected chi connectivity index (χ1v) is 11.2. The lowest BCUT2D eigenvalue weighted by molar-refractivity contribution is -0.116. The predicted octanol–water partition coefficient (Wildman–Crippen LogP) is 4.63. The fourth-order valence-corrected chi connectivity index (χ4v) is 4.20. The number of rotatable bonds is 6. The van der Waals surface area contributed by atoms with Gasteiger partial charge in [0.25, 0.3) is 0 Å². The zero-order valence-corrected chi connectivity index (χ0v) is 19.0. The summed E-state index contributed by atoms with van der Waals surface area (Å²) in [5, 5.41) is 16.1. The van der Waals surface area contributed by atoms with E-state index in [1.54, 1.807) is 4.68 Å². The lowest BCUT2D eigenvalue weighted by atomic mass is 10.1. The van der Waals surface area contributed by atoms with E-state index < -0.39 is 5.82 Å². The Kier molecular flexibility index (Phi) is 6.69. The lowest BCUT2D eigenvalue weighted by Gasteiger charge is -2.27. The number of nitrogens with zero attached hydrogens (tertiary/aromatic N) is 5. The van der Waals surface area contributed by atoms with E-state index in [1.807, 2.05) is 26.0 Å². The van der Waals surface area contributed by atoms with Crippen LogP contribution in [0, 0.1) is 19.7 Å². The number of hydrogen-bond acceptors (Lipinski definition) is 5.